The molecular formula is C25H24N2O2S. The summed E-state index contributed by atoms with van der Waals surface area (Å²) in [6.45, 7) is 0.825. The number of thiophene rings is 1. The van der Waals surface area contributed by atoms with Crippen molar-refractivity contribution in [1.29, 1.82) is 0 Å². The Bertz CT molecular complexity index is 1040. The van der Waals surface area contributed by atoms with Gasteiger partial charge in [0, 0.05) is 23.0 Å². The summed E-state index contributed by atoms with van der Waals surface area (Å²) in [6.07, 6.45) is 2.82. The number of amides is 2. The van der Waals surface area contributed by atoms with E-state index in [9.17, 15) is 9.59 Å². The molecule has 2 aromatic carbocycles. The minimum absolute atomic E-state index is 0.0249. The lowest BCUT2D eigenvalue weighted by Gasteiger charge is -2.37. The van der Waals surface area contributed by atoms with Crippen molar-refractivity contribution < 1.29 is 9.59 Å². The van der Waals surface area contributed by atoms with Crippen molar-refractivity contribution in [3.63, 3.8) is 0 Å². The smallest absolute Gasteiger partial charge is 0.254 e. The van der Waals surface area contributed by atoms with Crippen LogP contribution in [0.2, 0.25) is 0 Å². The summed E-state index contributed by atoms with van der Waals surface area (Å²) in [5.74, 6) is -0.0205. The Labute approximate surface area is 180 Å². The topological polar surface area (TPSA) is 40.6 Å². The second-order valence-corrected chi connectivity index (χ2v) is 8.98. The van der Waals surface area contributed by atoms with Gasteiger partial charge in [-0.3, -0.25) is 9.59 Å². The van der Waals surface area contributed by atoms with Crippen LogP contribution in [0.25, 0.3) is 0 Å². The van der Waals surface area contributed by atoms with E-state index in [1.807, 2.05) is 53.4 Å². The zero-order valence-corrected chi connectivity index (χ0v) is 17.6. The van der Waals surface area contributed by atoms with Gasteiger partial charge in [0.1, 0.15) is 6.54 Å². The molecule has 0 N–H and O–H groups in total. The van der Waals surface area contributed by atoms with Crippen molar-refractivity contribution >= 4 is 23.2 Å². The molecule has 1 saturated carbocycles. The highest BCUT2D eigenvalue weighted by Gasteiger charge is 2.38. The standard InChI is InChI=1S/C25H24N2O2S/c28-23(17-27(20-11-12-20)25(29)19-9-5-2-6-10-19)26-15-13-22-21(14-16-30-22)24(26)18-7-3-1-4-8-18/h1-10,14,16,20,24H,11-13,15,17H2. The second-order valence-electron chi connectivity index (χ2n) is 7.98. The maximum absolute atomic E-state index is 13.5. The largest absolute Gasteiger partial charge is 0.330 e. The van der Waals surface area contributed by atoms with E-state index in [4.69, 9.17) is 0 Å². The molecule has 1 atom stereocenters. The first-order valence-corrected chi connectivity index (χ1v) is 11.4. The molecule has 1 aliphatic carbocycles. The number of nitrogens with zero attached hydrogens (tertiary/aromatic N) is 2. The van der Waals surface area contributed by atoms with Crippen LogP contribution in [0, 0.1) is 0 Å². The lowest BCUT2D eigenvalue weighted by atomic mass is 9.93. The van der Waals surface area contributed by atoms with E-state index in [1.165, 1.54) is 10.4 Å². The van der Waals surface area contributed by atoms with Crippen LogP contribution < -0.4 is 0 Å². The van der Waals surface area contributed by atoms with Gasteiger partial charge >= 0.3 is 0 Å². The minimum atomic E-state index is -0.0819. The lowest BCUT2D eigenvalue weighted by Crippen LogP contribution is -2.47. The van der Waals surface area contributed by atoms with Crippen molar-refractivity contribution in [3.05, 3.63) is 93.7 Å². The summed E-state index contributed by atoms with van der Waals surface area (Å²) >= 11 is 1.77. The molecule has 1 aromatic heterocycles. The molecule has 1 unspecified atom stereocenters. The van der Waals surface area contributed by atoms with Gasteiger partial charge in [-0.2, -0.15) is 0 Å². The summed E-state index contributed by atoms with van der Waals surface area (Å²) in [5.41, 5.74) is 2.99. The van der Waals surface area contributed by atoms with Crippen molar-refractivity contribution in [1.82, 2.24) is 9.80 Å². The van der Waals surface area contributed by atoms with Gasteiger partial charge in [-0.1, -0.05) is 48.5 Å². The molecule has 2 heterocycles. The Morgan fingerprint density at radius 2 is 1.67 bits per heavy atom. The molecule has 0 radical (unpaired) electrons. The van der Waals surface area contributed by atoms with Crippen LogP contribution in [0.4, 0.5) is 0 Å². The quantitative estimate of drug-likeness (QED) is 0.613. The van der Waals surface area contributed by atoms with E-state index >= 15 is 0 Å². The number of carbonyl (C=O) groups excluding carboxylic acids is 2. The Hall–Kier alpha value is -2.92. The van der Waals surface area contributed by atoms with E-state index in [1.54, 1.807) is 16.2 Å². The number of hydrogen-bond donors (Lipinski definition) is 0. The van der Waals surface area contributed by atoms with Gasteiger partial charge in [0.25, 0.3) is 5.91 Å². The average Bonchev–Trinajstić information content (AvgIpc) is 3.53. The van der Waals surface area contributed by atoms with Crippen LogP contribution in [0.15, 0.2) is 72.1 Å². The SMILES string of the molecule is O=C(c1ccccc1)N(CC(=O)N1CCc2sccc2C1c1ccccc1)C1CC1. The fourth-order valence-electron chi connectivity index (χ4n) is 4.32. The molecule has 3 aromatic rings. The maximum atomic E-state index is 13.5. The Kier molecular flexibility index (Phi) is 5.13. The highest BCUT2D eigenvalue weighted by atomic mass is 32.1. The van der Waals surface area contributed by atoms with Crippen LogP contribution in [0.5, 0.6) is 0 Å². The molecule has 0 bridgehead atoms. The second kappa shape index (κ2) is 8.07. The molecule has 0 spiro atoms. The van der Waals surface area contributed by atoms with Gasteiger partial charge in [0.2, 0.25) is 5.91 Å². The monoisotopic (exact) mass is 416 g/mol. The molecule has 30 heavy (non-hydrogen) atoms. The number of benzene rings is 2. The first-order chi connectivity index (χ1) is 14.7. The minimum Gasteiger partial charge on any atom is -0.330 e. The Morgan fingerprint density at radius 1 is 0.967 bits per heavy atom. The van der Waals surface area contributed by atoms with Crippen molar-refractivity contribution in [2.45, 2.75) is 31.3 Å². The molecule has 2 aliphatic rings. The predicted octanol–water partition coefficient (Wildman–Crippen LogP) is 4.53. The molecule has 0 saturated heterocycles. The van der Waals surface area contributed by atoms with E-state index < -0.39 is 0 Å². The normalized spacial score (nSPS) is 18.0. The first-order valence-electron chi connectivity index (χ1n) is 10.5. The molecule has 1 fully saturated rings. The number of hydrogen-bond acceptors (Lipinski definition) is 3. The van der Waals surface area contributed by atoms with Gasteiger partial charge in [-0.25, -0.2) is 0 Å². The van der Waals surface area contributed by atoms with Crippen LogP contribution in [-0.4, -0.2) is 40.7 Å². The van der Waals surface area contributed by atoms with Gasteiger partial charge in [0.15, 0.2) is 0 Å². The van der Waals surface area contributed by atoms with Crippen LogP contribution in [0.1, 0.15) is 45.2 Å². The zero-order valence-electron chi connectivity index (χ0n) is 16.7. The summed E-state index contributed by atoms with van der Waals surface area (Å²) in [7, 11) is 0. The molecule has 5 rings (SSSR count). The fourth-order valence-corrected chi connectivity index (χ4v) is 5.22. The highest BCUT2D eigenvalue weighted by molar-refractivity contribution is 7.10. The third-order valence-corrected chi connectivity index (χ3v) is 6.97. The molecule has 1 aliphatic heterocycles. The van der Waals surface area contributed by atoms with E-state index in [0.29, 0.717) is 12.1 Å². The predicted molar refractivity (Wildman–Crippen MR) is 119 cm³/mol. The summed E-state index contributed by atoms with van der Waals surface area (Å²) in [5, 5.41) is 2.12. The van der Waals surface area contributed by atoms with Crippen molar-refractivity contribution in [2.24, 2.45) is 0 Å². The molecular weight excluding hydrogens is 392 g/mol. The summed E-state index contributed by atoms with van der Waals surface area (Å²) in [4.78, 5) is 31.7. The summed E-state index contributed by atoms with van der Waals surface area (Å²) < 4.78 is 0. The van der Waals surface area contributed by atoms with Crippen LogP contribution >= 0.6 is 11.3 Å². The van der Waals surface area contributed by atoms with Crippen molar-refractivity contribution in [2.75, 3.05) is 13.1 Å². The van der Waals surface area contributed by atoms with Gasteiger partial charge < -0.3 is 9.80 Å². The lowest BCUT2D eigenvalue weighted by molar-refractivity contribution is -0.134. The van der Waals surface area contributed by atoms with Crippen LogP contribution in [-0.2, 0) is 11.2 Å². The fraction of sp³-hybridized carbons (Fsp3) is 0.280. The number of fused-ring (bicyclic) bond motifs is 1. The number of carbonyl (C=O) groups is 2. The third-order valence-electron chi connectivity index (χ3n) is 5.98. The number of rotatable bonds is 5. The van der Waals surface area contributed by atoms with Gasteiger partial charge in [-0.05, 0) is 54.0 Å². The van der Waals surface area contributed by atoms with Crippen molar-refractivity contribution in [3.8, 4) is 0 Å². The van der Waals surface area contributed by atoms with E-state index in [0.717, 1.165) is 24.8 Å². The zero-order chi connectivity index (χ0) is 20.5. The molecule has 5 heteroatoms. The summed E-state index contributed by atoms with van der Waals surface area (Å²) in [6, 6.07) is 21.8. The maximum Gasteiger partial charge on any atom is 0.254 e. The average molecular weight is 417 g/mol. The molecule has 2 amide bonds. The van der Waals surface area contributed by atoms with Gasteiger partial charge in [-0.15, -0.1) is 11.3 Å². The van der Waals surface area contributed by atoms with Crippen LogP contribution in [0.3, 0.4) is 0 Å². The Balaban J connectivity index is 1.42. The van der Waals surface area contributed by atoms with Gasteiger partial charge in [0.05, 0.1) is 6.04 Å². The highest BCUT2D eigenvalue weighted by Crippen LogP contribution is 2.38. The first kappa shape index (κ1) is 19.1. The van der Waals surface area contributed by atoms with E-state index in [-0.39, 0.29) is 30.4 Å². The third kappa shape index (κ3) is 3.65. The molecule has 152 valence electrons. The Morgan fingerprint density at radius 3 is 2.37 bits per heavy atom. The van der Waals surface area contributed by atoms with E-state index in [2.05, 4.69) is 23.6 Å². The molecule has 4 nitrogen and oxygen atoms in total.